The van der Waals surface area contributed by atoms with Crippen molar-refractivity contribution in [3.8, 4) is 11.1 Å². The molecule has 0 unspecified atom stereocenters. The molecule has 1 aliphatic rings. The molecule has 0 atom stereocenters. The first-order chi connectivity index (χ1) is 15.6. The minimum Gasteiger partial charge on any atom is -0.340 e. The van der Waals surface area contributed by atoms with Gasteiger partial charge in [-0.2, -0.15) is 0 Å². The lowest BCUT2D eigenvalue weighted by Crippen LogP contribution is -2.18. The van der Waals surface area contributed by atoms with Crippen molar-refractivity contribution in [3.63, 3.8) is 0 Å². The van der Waals surface area contributed by atoms with Crippen LogP contribution in [0.4, 0.5) is 10.2 Å². The summed E-state index contributed by atoms with van der Waals surface area (Å²) in [6, 6.07) is 16.9. The van der Waals surface area contributed by atoms with Crippen LogP contribution in [-0.4, -0.2) is 28.0 Å². The highest BCUT2D eigenvalue weighted by Crippen LogP contribution is 2.27. The van der Waals surface area contributed by atoms with Gasteiger partial charge >= 0.3 is 0 Å². The van der Waals surface area contributed by atoms with Crippen molar-refractivity contribution in [2.24, 2.45) is 0 Å². The zero-order valence-corrected chi connectivity index (χ0v) is 17.9. The number of nitrogens with one attached hydrogen (secondary N) is 1. The Bertz CT molecular complexity index is 1260. The van der Waals surface area contributed by atoms with Crippen molar-refractivity contribution >= 4 is 22.3 Å². The maximum Gasteiger partial charge on any atom is 0.130 e. The molecule has 32 heavy (non-hydrogen) atoms. The summed E-state index contributed by atoms with van der Waals surface area (Å²) >= 11 is 0. The Balaban J connectivity index is 1.38. The molecule has 0 amide bonds. The van der Waals surface area contributed by atoms with Crippen molar-refractivity contribution in [2.75, 3.05) is 18.4 Å². The molecule has 0 radical (unpaired) electrons. The Labute approximate surface area is 187 Å². The van der Waals surface area contributed by atoms with Gasteiger partial charge in [0.05, 0.1) is 0 Å². The molecule has 1 N–H and O–H groups in total. The van der Waals surface area contributed by atoms with Crippen LogP contribution in [0, 0.1) is 5.82 Å². The smallest absolute Gasteiger partial charge is 0.130 e. The fourth-order valence-electron chi connectivity index (χ4n) is 4.20. The van der Waals surface area contributed by atoms with Gasteiger partial charge in [-0.15, -0.1) is 0 Å². The molecule has 0 saturated carbocycles. The predicted molar refractivity (Wildman–Crippen MR) is 129 cm³/mol. The maximum atomic E-state index is 13.2. The van der Waals surface area contributed by atoms with Crippen LogP contribution in [-0.2, 0) is 6.54 Å². The number of hydrogen-bond donors (Lipinski definition) is 1. The highest BCUT2D eigenvalue weighted by Gasteiger charge is 2.12. The van der Waals surface area contributed by atoms with Crippen molar-refractivity contribution < 1.29 is 4.39 Å². The van der Waals surface area contributed by atoms with Gasteiger partial charge in [0.25, 0.3) is 0 Å². The number of likely N-dealkylation sites (tertiary alicyclic amines) is 1. The number of aromatic nitrogens is 2. The first kappa shape index (κ1) is 20.3. The molecular weight excluding hydrogens is 399 g/mol. The van der Waals surface area contributed by atoms with Crippen molar-refractivity contribution in [2.45, 2.75) is 19.4 Å². The molecule has 5 rings (SSSR count). The number of benzene rings is 2. The summed E-state index contributed by atoms with van der Waals surface area (Å²) < 4.78 is 13.2. The molecular formula is C27H25FN4. The van der Waals surface area contributed by atoms with Crippen LogP contribution >= 0.6 is 0 Å². The Hall–Kier alpha value is -3.57. The quantitative estimate of drug-likeness (QED) is 0.405. The summed E-state index contributed by atoms with van der Waals surface area (Å²) in [5.41, 5.74) is 4.99. The molecule has 1 saturated heterocycles. The molecule has 0 aliphatic carbocycles. The van der Waals surface area contributed by atoms with E-state index in [9.17, 15) is 4.39 Å². The maximum absolute atomic E-state index is 13.2. The van der Waals surface area contributed by atoms with Crippen LogP contribution in [0.1, 0.15) is 24.0 Å². The number of nitrogens with zero attached hydrogens (tertiary/aromatic N) is 3. The third kappa shape index (κ3) is 4.53. The van der Waals surface area contributed by atoms with Crippen LogP contribution < -0.4 is 5.32 Å². The van der Waals surface area contributed by atoms with Gasteiger partial charge in [-0.05, 0) is 78.3 Å². The molecule has 3 heterocycles. The summed E-state index contributed by atoms with van der Waals surface area (Å²) in [6.07, 6.45) is 8.31. The second kappa shape index (κ2) is 8.89. The Morgan fingerprint density at radius 2 is 1.72 bits per heavy atom. The Morgan fingerprint density at radius 1 is 0.906 bits per heavy atom. The summed E-state index contributed by atoms with van der Waals surface area (Å²) in [4.78, 5) is 11.5. The lowest BCUT2D eigenvalue weighted by molar-refractivity contribution is 0.331. The lowest BCUT2D eigenvalue weighted by Gasteiger charge is -2.15. The van der Waals surface area contributed by atoms with Crippen LogP contribution in [0.5, 0.6) is 0 Å². The van der Waals surface area contributed by atoms with E-state index in [1.165, 1.54) is 43.6 Å². The van der Waals surface area contributed by atoms with Crippen LogP contribution in [0.3, 0.4) is 0 Å². The topological polar surface area (TPSA) is 41.1 Å². The van der Waals surface area contributed by atoms with E-state index in [1.54, 1.807) is 12.1 Å². The molecule has 2 aromatic carbocycles. The van der Waals surface area contributed by atoms with Gasteiger partial charge in [-0.3, -0.25) is 9.88 Å². The highest BCUT2D eigenvalue weighted by atomic mass is 19.1. The van der Waals surface area contributed by atoms with Gasteiger partial charge in [0, 0.05) is 41.8 Å². The van der Waals surface area contributed by atoms with Crippen molar-refractivity contribution in [1.29, 1.82) is 0 Å². The molecule has 4 nitrogen and oxygen atoms in total. The number of anilines is 1. The predicted octanol–water partition coefficient (Wildman–Crippen LogP) is 6.11. The van der Waals surface area contributed by atoms with Crippen LogP contribution in [0.25, 0.3) is 27.6 Å². The van der Waals surface area contributed by atoms with Crippen molar-refractivity contribution in [1.82, 2.24) is 14.9 Å². The van der Waals surface area contributed by atoms with E-state index < -0.39 is 0 Å². The fourth-order valence-corrected chi connectivity index (χ4v) is 4.20. The molecule has 4 aromatic rings. The monoisotopic (exact) mass is 424 g/mol. The Kier molecular flexibility index (Phi) is 5.65. The average Bonchev–Trinajstić information content (AvgIpc) is 3.32. The number of pyridine rings is 2. The summed E-state index contributed by atoms with van der Waals surface area (Å²) in [5, 5.41) is 5.38. The zero-order chi connectivity index (χ0) is 21.9. The van der Waals surface area contributed by atoms with Gasteiger partial charge in [-0.25, -0.2) is 9.37 Å². The first-order valence-corrected chi connectivity index (χ1v) is 10.9. The molecule has 0 bridgehead atoms. The largest absolute Gasteiger partial charge is 0.340 e. The average molecular weight is 425 g/mol. The molecule has 1 fully saturated rings. The van der Waals surface area contributed by atoms with Crippen molar-refractivity contribution in [3.05, 3.63) is 96.7 Å². The zero-order valence-electron chi connectivity index (χ0n) is 17.9. The second-order valence-electron chi connectivity index (χ2n) is 8.31. The molecule has 0 spiro atoms. The number of rotatable bonds is 6. The number of hydrogen-bond acceptors (Lipinski definition) is 4. The minimum absolute atomic E-state index is 0.267. The number of halogens is 1. The molecule has 1 aliphatic heterocycles. The normalized spacial score (nSPS) is 14.0. The van der Waals surface area contributed by atoms with Gasteiger partial charge in [0.1, 0.15) is 11.6 Å². The van der Waals surface area contributed by atoms with E-state index in [1.807, 2.05) is 24.7 Å². The first-order valence-electron chi connectivity index (χ1n) is 10.9. The van der Waals surface area contributed by atoms with E-state index >= 15 is 0 Å². The molecule has 5 heteroatoms. The molecule has 160 valence electrons. The summed E-state index contributed by atoms with van der Waals surface area (Å²) in [6.45, 7) is 7.36. The third-order valence-electron chi connectivity index (χ3n) is 5.93. The van der Waals surface area contributed by atoms with Crippen LogP contribution in [0.15, 0.2) is 79.8 Å². The highest BCUT2D eigenvalue weighted by molar-refractivity contribution is 5.89. The second-order valence-corrected chi connectivity index (χ2v) is 8.31. The minimum atomic E-state index is -0.267. The van der Waals surface area contributed by atoms with E-state index in [0.717, 1.165) is 34.0 Å². The van der Waals surface area contributed by atoms with Crippen LogP contribution in [0.2, 0.25) is 0 Å². The molecule has 2 aromatic heterocycles. The SMILES string of the molecule is C=C(Nc1cc2cc(-c3cncc(CN4CCCC4)c3)ccc2cn1)c1ccc(F)cc1. The summed E-state index contributed by atoms with van der Waals surface area (Å²) in [5.74, 6) is 0.432. The van der Waals surface area contributed by atoms with Gasteiger partial charge < -0.3 is 5.32 Å². The van der Waals surface area contributed by atoms with E-state index in [0.29, 0.717) is 11.5 Å². The van der Waals surface area contributed by atoms with E-state index in [-0.39, 0.29) is 5.82 Å². The van der Waals surface area contributed by atoms with E-state index in [4.69, 9.17) is 0 Å². The lowest BCUT2D eigenvalue weighted by atomic mass is 10.0. The number of fused-ring (bicyclic) bond motifs is 1. The van der Waals surface area contributed by atoms with Gasteiger partial charge in [0.15, 0.2) is 0 Å². The van der Waals surface area contributed by atoms with Gasteiger partial charge in [0.2, 0.25) is 0 Å². The van der Waals surface area contributed by atoms with Gasteiger partial charge in [-0.1, -0.05) is 30.8 Å². The summed E-state index contributed by atoms with van der Waals surface area (Å²) in [7, 11) is 0. The third-order valence-corrected chi connectivity index (χ3v) is 5.93. The van der Waals surface area contributed by atoms with E-state index in [2.05, 4.69) is 51.0 Å². The Morgan fingerprint density at radius 3 is 2.53 bits per heavy atom. The standard InChI is InChI=1S/C27H25FN4/c1-19(21-6-8-26(28)9-7-21)31-27-14-24-13-22(4-5-23(24)17-30-27)25-12-20(15-29-16-25)18-32-10-2-3-11-32/h4-9,12-17H,1-3,10-11,18H2,(H,30,31). The fraction of sp³-hybridized carbons (Fsp3) is 0.185.